The van der Waals surface area contributed by atoms with Crippen LogP contribution in [0.5, 0.6) is 5.75 Å². The van der Waals surface area contributed by atoms with E-state index in [2.05, 4.69) is 0 Å². The molecule has 0 amide bonds. The van der Waals surface area contributed by atoms with Crippen molar-refractivity contribution in [1.29, 1.82) is 5.26 Å². The van der Waals surface area contributed by atoms with Crippen LogP contribution in [0.3, 0.4) is 0 Å². The van der Waals surface area contributed by atoms with E-state index in [0.717, 1.165) is 16.4 Å². The Morgan fingerprint density at radius 2 is 2.00 bits per heavy atom. The SMILES string of the molecule is COCCOC(=O)c1c2ccccc2n2cc(OCC#N)ccc12. The predicted octanol–water partition coefficient (Wildman–Crippen LogP) is 2.80. The van der Waals surface area contributed by atoms with Gasteiger partial charge in [-0.25, -0.2) is 4.79 Å². The zero-order valence-corrected chi connectivity index (χ0v) is 13.2. The van der Waals surface area contributed by atoms with E-state index in [4.69, 9.17) is 19.5 Å². The minimum absolute atomic E-state index is 0.0311. The van der Waals surface area contributed by atoms with Gasteiger partial charge in [-0.15, -0.1) is 0 Å². The van der Waals surface area contributed by atoms with Gasteiger partial charge < -0.3 is 18.6 Å². The van der Waals surface area contributed by atoms with Gasteiger partial charge in [0.05, 0.1) is 29.4 Å². The van der Waals surface area contributed by atoms with Crippen LogP contribution in [0.25, 0.3) is 16.4 Å². The molecule has 0 fully saturated rings. The zero-order chi connectivity index (χ0) is 16.9. The first-order valence-corrected chi connectivity index (χ1v) is 7.45. The maximum Gasteiger partial charge on any atom is 0.341 e. The Hall–Kier alpha value is -3.04. The van der Waals surface area contributed by atoms with E-state index in [-0.39, 0.29) is 13.2 Å². The van der Waals surface area contributed by atoms with E-state index in [1.807, 2.05) is 34.7 Å². The van der Waals surface area contributed by atoms with Crippen LogP contribution in [0.4, 0.5) is 0 Å². The van der Waals surface area contributed by atoms with Crippen LogP contribution < -0.4 is 4.74 Å². The molecular formula is C18H16N2O4. The quantitative estimate of drug-likeness (QED) is 0.515. The molecule has 0 saturated heterocycles. The summed E-state index contributed by atoms with van der Waals surface area (Å²) >= 11 is 0. The van der Waals surface area contributed by atoms with Gasteiger partial charge in [-0.2, -0.15) is 5.26 Å². The molecule has 1 aromatic carbocycles. The molecule has 0 spiro atoms. The fourth-order valence-electron chi connectivity index (χ4n) is 2.62. The molecule has 0 atom stereocenters. The topological polar surface area (TPSA) is 73.0 Å². The van der Waals surface area contributed by atoms with Gasteiger partial charge in [0.25, 0.3) is 0 Å². The van der Waals surface area contributed by atoms with Crippen molar-refractivity contribution in [2.75, 3.05) is 26.9 Å². The zero-order valence-electron chi connectivity index (χ0n) is 13.2. The summed E-state index contributed by atoms with van der Waals surface area (Å²) in [5.41, 5.74) is 2.10. The first-order valence-electron chi connectivity index (χ1n) is 7.45. The highest BCUT2D eigenvalue weighted by Gasteiger charge is 2.19. The summed E-state index contributed by atoms with van der Waals surface area (Å²) in [5.74, 6) is 0.167. The number of benzene rings is 1. The van der Waals surface area contributed by atoms with Crippen LogP contribution in [0.2, 0.25) is 0 Å². The molecular weight excluding hydrogens is 308 g/mol. The number of esters is 1. The molecule has 2 aromatic heterocycles. The Labute approximate surface area is 138 Å². The molecule has 3 rings (SSSR count). The van der Waals surface area contributed by atoms with Crippen LogP contribution in [0, 0.1) is 11.3 Å². The van der Waals surface area contributed by atoms with E-state index in [9.17, 15) is 4.79 Å². The lowest BCUT2D eigenvalue weighted by atomic mass is 10.1. The number of pyridine rings is 1. The number of carbonyl (C=O) groups is 1. The number of hydrogen-bond acceptors (Lipinski definition) is 5. The van der Waals surface area contributed by atoms with Crippen molar-refractivity contribution >= 4 is 22.4 Å². The smallest absolute Gasteiger partial charge is 0.341 e. The van der Waals surface area contributed by atoms with Gasteiger partial charge in [-0.1, -0.05) is 18.2 Å². The molecule has 0 radical (unpaired) electrons. The normalized spacial score (nSPS) is 10.7. The molecule has 0 unspecified atom stereocenters. The number of para-hydroxylation sites is 1. The lowest BCUT2D eigenvalue weighted by Crippen LogP contribution is -2.10. The van der Waals surface area contributed by atoms with E-state index >= 15 is 0 Å². The Bertz CT molecular complexity index is 924. The van der Waals surface area contributed by atoms with Crippen molar-refractivity contribution < 1.29 is 19.0 Å². The molecule has 0 bridgehead atoms. The predicted molar refractivity (Wildman–Crippen MR) is 88.2 cm³/mol. The number of nitriles is 1. The highest BCUT2D eigenvalue weighted by Crippen LogP contribution is 2.29. The number of aromatic nitrogens is 1. The van der Waals surface area contributed by atoms with E-state index in [1.165, 1.54) is 0 Å². The average molecular weight is 324 g/mol. The molecule has 3 aromatic rings. The Morgan fingerprint density at radius 1 is 1.17 bits per heavy atom. The van der Waals surface area contributed by atoms with Crippen LogP contribution in [-0.2, 0) is 9.47 Å². The van der Waals surface area contributed by atoms with Crippen LogP contribution in [0.1, 0.15) is 10.4 Å². The molecule has 6 heteroatoms. The van der Waals surface area contributed by atoms with Gasteiger partial charge in [0, 0.05) is 12.5 Å². The second kappa shape index (κ2) is 7.02. The van der Waals surface area contributed by atoms with Crippen molar-refractivity contribution in [1.82, 2.24) is 4.40 Å². The van der Waals surface area contributed by atoms with Gasteiger partial charge in [0.15, 0.2) is 6.61 Å². The highest BCUT2D eigenvalue weighted by molar-refractivity contribution is 6.11. The Morgan fingerprint density at radius 3 is 2.79 bits per heavy atom. The maximum absolute atomic E-state index is 12.5. The summed E-state index contributed by atoms with van der Waals surface area (Å²) in [5, 5.41) is 9.44. The third kappa shape index (κ3) is 2.90. The first kappa shape index (κ1) is 15.8. The Kier molecular flexibility index (Phi) is 4.64. The van der Waals surface area contributed by atoms with Crippen molar-refractivity contribution in [3.63, 3.8) is 0 Å². The molecule has 0 N–H and O–H groups in total. The van der Waals surface area contributed by atoms with Crippen molar-refractivity contribution in [2.24, 2.45) is 0 Å². The van der Waals surface area contributed by atoms with Gasteiger partial charge in [0.1, 0.15) is 18.4 Å². The average Bonchev–Trinajstić information content (AvgIpc) is 2.94. The monoisotopic (exact) mass is 324 g/mol. The van der Waals surface area contributed by atoms with Crippen molar-refractivity contribution in [3.05, 3.63) is 48.2 Å². The number of hydrogen-bond donors (Lipinski definition) is 0. The number of ether oxygens (including phenoxy) is 3. The fraction of sp³-hybridized carbons (Fsp3) is 0.222. The summed E-state index contributed by atoms with van der Waals surface area (Å²) in [7, 11) is 1.56. The van der Waals surface area contributed by atoms with Crippen molar-refractivity contribution in [3.8, 4) is 11.8 Å². The third-order valence-corrected chi connectivity index (χ3v) is 3.64. The maximum atomic E-state index is 12.5. The number of fused-ring (bicyclic) bond motifs is 3. The molecule has 0 aliphatic heterocycles. The third-order valence-electron chi connectivity index (χ3n) is 3.64. The highest BCUT2D eigenvalue weighted by atomic mass is 16.6. The number of nitrogens with zero attached hydrogens (tertiary/aromatic N) is 2. The second-order valence-electron chi connectivity index (χ2n) is 5.09. The standard InChI is InChI=1S/C18H16N2O4/c1-22-10-11-24-18(21)17-14-4-2-3-5-15(14)20-12-13(23-9-8-19)6-7-16(17)20/h2-7,12H,9-11H2,1H3. The minimum Gasteiger partial charge on any atom is -0.477 e. The fourth-order valence-corrected chi connectivity index (χ4v) is 2.62. The summed E-state index contributed by atoms with van der Waals surface area (Å²) < 4.78 is 17.4. The van der Waals surface area contributed by atoms with Gasteiger partial charge in [-0.05, 0) is 18.2 Å². The molecule has 6 nitrogen and oxygen atoms in total. The summed E-state index contributed by atoms with van der Waals surface area (Å²) in [6.07, 6.45) is 1.76. The van der Waals surface area contributed by atoms with Crippen molar-refractivity contribution in [2.45, 2.75) is 0 Å². The number of rotatable bonds is 6. The minimum atomic E-state index is -0.392. The molecule has 24 heavy (non-hydrogen) atoms. The molecule has 0 aliphatic carbocycles. The largest absolute Gasteiger partial charge is 0.477 e. The number of carbonyl (C=O) groups excluding carboxylic acids is 1. The van der Waals surface area contributed by atoms with Gasteiger partial charge in [-0.3, -0.25) is 0 Å². The molecule has 0 saturated carbocycles. The molecule has 122 valence electrons. The van der Waals surface area contributed by atoms with Gasteiger partial charge in [0.2, 0.25) is 0 Å². The van der Waals surface area contributed by atoms with E-state index < -0.39 is 5.97 Å². The van der Waals surface area contributed by atoms with E-state index in [0.29, 0.717) is 17.9 Å². The summed E-state index contributed by atoms with van der Waals surface area (Å²) in [6, 6.07) is 13.0. The van der Waals surface area contributed by atoms with Crippen LogP contribution >= 0.6 is 0 Å². The molecule has 2 heterocycles. The number of methoxy groups -OCH3 is 1. The van der Waals surface area contributed by atoms with E-state index in [1.54, 1.807) is 25.4 Å². The van der Waals surface area contributed by atoms with Crippen LogP contribution in [-0.4, -0.2) is 37.3 Å². The van der Waals surface area contributed by atoms with Crippen LogP contribution in [0.15, 0.2) is 42.6 Å². The summed E-state index contributed by atoms with van der Waals surface area (Å²) in [6.45, 7) is 0.516. The summed E-state index contributed by atoms with van der Waals surface area (Å²) in [4.78, 5) is 12.5. The lowest BCUT2D eigenvalue weighted by molar-refractivity contribution is 0.0392. The van der Waals surface area contributed by atoms with Gasteiger partial charge >= 0.3 is 5.97 Å². The first-order chi connectivity index (χ1) is 11.8. The second-order valence-corrected chi connectivity index (χ2v) is 5.09. The lowest BCUT2D eigenvalue weighted by Gasteiger charge is -2.05. The molecule has 0 aliphatic rings. The Balaban J connectivity index is 2.09.